The maximum atomic E-state index is 12.1. The largest absolute Gasteiger partial charge is 0.466 e. The summed E-state index contributed by atoms with van der Waals surface area (Å²) in [5.74, 6) is -1.49. The monoisotopic (exact) mass is 378 g/mol. The zero-order chi connectivity index (χ0) is 18.9. The normalized spacial score (nSPS) is 13.3. The van der Waals surface area contributed by atoms with Crippen LogP contribution >= 0.6 is 11.3 Å². The Labute approximate surface area is 153 Å². The molecule has 8 nitrogen and oxygen atoms in total. The fourth-order valence-corrected chi connectivity index (χ4v) is 2.81. The molecule has 26 heavy (non-hydrogen) atoms. The molecule has 0 radical (unpaired) electrons. The van der Waals surface area contributed by atoms with E-state index >= 15 is 0 Å². The predicted octanol–water partition coefficient (Wildman–Crippen LogP) is 2.92. The Bertz CT molecular complexity index is 745. The lowest BCUT2D eigenvalue weighted by Crippen LogP contribution is -2.28. The van der Waals surface area contributed by atoms with E-state index in [0.717, 1.165) is 0 Å². The maximum absolute atomic E-state index is 12.1. The molecule has 0 aliphatic carbocycles. The first-order valence-corrected chi connectivity index (χ1v) is 8.73. The molecule has 0 bridgehead atoms. The smallest absolute Gasteiger partial charge is 0.315 e. The van der Waals surface area contributed by atoms with E-state index in [-0.39, 0.29) is 18.9 Å². The van der Waals surface area contributed by atoms with Gasteiger partial charge in [-0.2, -0.15) is 11.3 Å². The van der Waals surface area contributed by atoms with Gasteiger partial charge in [-0.1, -0.05) is 5.16 Å². The van der Waals surface area contributed by atoms with Crippen molar-refractivity contribution in [3.8, 4) is 0 Å². The molecule has 0 aliphatic rings. The first kappa shape index (κ1) is 19.5. The zero-order valence-corrected chi connectivity index (χ0v) is 14.8. The Morgan fingerprint density at radius 1 is 1.38 bits per heavy atom. The number of benzene rings is 1. The second-order valence-electron chi connectivity index (χ2n) is 5.24. The van der Waals surface area contributed by atoms with E-state index in [4.69, 9.17) is 9.57 Å². The highest BCUT2D eigenvalue weighted by atomic mass is 32.1. The van der Waals surface area contributed by atoms with Crippen LogP contribution in [0.3, 0.4) is 0 Å². The van der Waals surface area contributed by atoms with E-state index in [1.807, 2.05) is 0 Å². The fourth-order valence-electron chi connectivity index (χ4n) is 2.12. The molecule has 2 rings (SSSR count). The summed E-state index contributed by atoms with van der Waals surface area (Å²) in [4.78, 5) is 27.3. The lowest BCUT2D eigenvalue weighted by Gasteiger charge is -2.19. The number of aliphatic hydroxyl groups excluding tert-OH is 1. The maximum Gasteiger partial charge on any atom is 0.315 e. The number of rotatable bonds is 9. The minimum absolute atomic E-state index is 0.0238. The summed E-state index contributed by atoms with van der Waals surface area (Å²) in [6.07, 6.45) is 0.304. The van der Waals surface area contributed by atoms with Crippen LogP contribution in [0.15, 0.2) is 46.2 Å². The van der Waals surface area contributed by atoms with Gasteiger partial charge in [0.05, 0.1) is 23.8 Å². The summed E-state index contributed by atoms with van der Waals surface area (Å²) in [5.41, 5.74) is 1.18. The highest BCUT2D eigenvalue weighted by Crippen LogP contribution is 2.25. The van der Waals surface area contributed by atoms with Gasteiger partial charge >= 0.3 is 5.97 Å². The summed E-state index contributed by atoms with van der Waals surface area (Å²) in [6, 6.07) is 7.47. The predicted molar refractivity (Wildman–Crippen MR) is 96.0 cm³/mol. The van der Waals surface area contributed by atoms with Crippen molar-refractivity contribution in [3.63, 3.8) is 0 Å². The number of hydrogen-bond acceptors (Lipinski definition) is 8. The van der Waals surface area contributed by atoms with Gasteiger partial charge in [-0.15, -0.1) is 0 Å². The summed E-state index contributed by atoms with van der Waals surface area (Å²) < 4.78 is 4.98. The number of nitro groups is 1. The lowest BCUT2D eigenvalue weighted by atomic mass is 9.99. The molecule has 1 aromatic heterocycles. The molecule has 1 aromatic carbocycles. The highest BCUT2D eigenvalue weighted by Gasteiger charge is 2.30. The molecule has 138 valence electrons. The van der Waals surface area contributed by atoms with Crippen molar-refractivity contribution in [2.45, 2.75) is 13.0 Å². The SMILES string of the molecule is CCOC(=O)[C@H](CO/N=C/c1ccc([N+](=O)[O-])cc1)[C@H](O)c1ccsc1. The molecule has 9 heteroatoms. The number of nitro benzene ring substituents is 1. The van der Waals surface area contributed by atoms with Gasteiger partial charge in [-0.05, 0) is 47.0 Å². The van der Waals surface area contributed by atoms with Crippen LogP contribution in [0.2, 0.25) is 0 Å². The lowest BCUT2D eigenvalue weighted by molar-refractivity contribution is -0.384. The fraction of sp³-hybridized carbons (Fsp3) is 0.294. The molecule has 0 unspecified atom stereocenters. The second-order valence-corrected chi connectivity index (χ2v) is 6.02. The molecule has 0 saturated heterocycles. The third-order valence-electron chi connectivity index (χ3n) is 3.49. The van der Waals surface area contributed by atoms with Gasteiger partial charge in [0, 0.05) is 12.1 Å². The number of oxime groups is 1. The molecule has 0 amide bonds. The number of hydrogen-bond donors (Lipinski definition) is 1. The van der Waals surface area contributed by atoms with Gasteiger partial charge < -0.3 is 14.7 Å². The number of thiophene rings is 1. The number of esters is 1. The van der Waals surface area contributed by atoms with Crippen molar-refractivity contribution in [1.29, 1.82) is 0 Å². The van der Waals surface area contributed by atoms with Crippen molar-refractivity contribution in [2.75, 3.05) is 13.2 Å². The third kappa shape index (κ3) is 5.36. The van der Waals surface area contributed by atoms with E-state index in [0.29, 0.717) is 11.1 Å². The van der Waals surface area contributed by atoms with E-state index in [1.54, 1.807) is 23.8 Å². The number of non-ortho nitro benzene ring substituents is 1. The van der Waals surface area contributed by atoms with E-state index in [1.165, 1.54) is 41.8 Å². The molecular formula is C17H18N2O6S. The standard InChI is InChI=1S/C17H18N2O6S/c1-2-24-17(21)15(16(20)13-7-8-26-11-13)10-25-18-9-12-3-5-14(6-4-12)19(22)23/h3-9,11,15-16,20H,2,10H2,1H3/b18-9+/t15-,16-/m1/s1. The van der Waals surface area contributed by atoms with E-state index < -0.39 is 22.9 Å². The van der Waals surface area contributed by atoms with E-state index in [9.17, 15) is 20.0 Å². The van der Waals surface area contributed by atoms with Crippen molar-refractivity contribution in [1.82, 2.24) is 0 Å². The van der Waals surface area contributed by atoms with Crippen LogP contribution in [0, 0.1) is 16.0 Å². The van der Waals surface area contributed by atoms with Gasteiger partial charge in [0.1, 0.15) is 12.5 Å². The molecule has 2 aromatic rings. The van der Waals surface area contributed by atoms with Crippen LogP contribution in [0.5, 0.6) is 0 Å². The average Bonchev–Trinajstić information content (AvgIpc) is 3.16. The van der Waals surface area contributed by atoms with Gasteiger partial charge in [0.15, 0.2) is 0 Å². The van der Waals surface area contributed by atoms with Crippen LogP contribution in [-0.4, -0.2) is 35.4 Å². The summed E-state index contributed by atoms with van der Waals surface area (Å²) in [7, 11) is 0. The van der Waals surface area contributed by atoms with Gasteiger partial charge in [0.2, 0.25) is 0 Å². The van der Waals surface area contributed by atoms with Gasteiger partial charge in [0.25, 0.3) is 5.69 Å². The molecular weight excluding hydrogens is 360 g/mol. The highest BCUT2D eigenvalue weighted by molar-refractivity contribution is 7.07. The number of carbonyl (C=O) groups is 1. The van der Waals surface area contributed by atoms with Gasteiger partial charge in [-0.3, -0.25) is 14.9 Å². The quantitative estimate of drug-likeness (QED) is 0.311. The zero-order valence-electron chi connectivity index (χ0n) is 14.0. The summed E-state index contributed by atoms with van der Waals surface area (Å²) in [6.45, 7) is 1.70. The molecule has 0 fully saturated rings. The van der Waals surface area contributed by atoms with Crippen LogP contribution in [0.1, 0.15) is 24.2 Å². The first-order valence-electron chi connectivity index (χ1n) is 7.79. The number of nitrogens with zero attached hydrogens (tertiary/aromatic N) is 2. The topological polar surface area (TPSA) is 111 Å². The second kappa shape index (κ2) is 9.64. The Balaban J connectivity index is 1.97. The average molecular weight is 378 g/mol. The van der Waals surface area contributed by atoms with Crippen LogP contribution in [0.4, 0.5) is 5.69 Å². The van der Waals surface area contributed by atoms with Gasteiger partial charge in [-0.25, -0.2) is 0 Å². The third-order valence-corrected chi connectivity index (χ3v) is 4.19. The van der Waals surface area contributed by atoms with Crippen LogP contribution in [0.25, 0.3) is 0 Å². The molecule has 0 aliphatic heterocycles. The first-order chi connectivity index (χ1) is 12.5. The van der Waals surface area contributed by atoms with Crippen molar-refractivity contribution in [2.24, 2.45) is 11.1 Å². The van der Waals surface area contributed by atoms with Crippen molar-refractivity contribution >= 4 is 29.2 Å². The summed E-state index contributed by atoms with van der Waals surface area (Å²) in [5, 5.41) is 28.3. The Morgan fingerprint density at radius 2 is 2.12 bits per heavy atom. The summed E-state index contributed by atoms with van der Waals surface area (Å²) >= 11 is 1.41. The van der Waals surface area contributed by atoms with Crippen LogP contribution < -0.4 is 0 Å². The van der Waals surface area contributed by atoms with Crippen molar-refractivity contribution in [3.05, 3.63) is 62.3 Å². The molecule has 0 saturated carbocycles. The number of aliphatic hydroxyl groups is 1. The molecule has 2 atom stereocenters. The Morgan fingerprint density at radius 3 is 2.69 bits per heavy atom. The van der Waals surface area contributed by atoms with Crippen LogP contribution in [-0.2, 0) is 14.4 Å². The number of ether oxygens (including phenoxy) is 1. The Hall–Kier alpha value is -2.78. The molecule has 1 heterocycles. The molecule has 1 N–H and O–H groups in total. The molecule has 0 spiro atoms. The number of carbonyl (C=O) groups excluding carboxylic acids is 1. The Kier molecular flexibility index (Phi) is 7.24. The van der Waals surface area contributed by atoms with E-state index in [2.05, 4.69) is 5.16 Å². The van der Waals surface area contributed by atoms with Crippen molar-refractivity contribution < 1.29 is 24.4 Å². The minimum atomic E-state index is -1.06. The minimum Gasteiger partial charge on any atom is -0.466 e.